The smallest absolute Gasteiger partial charge is 0.0295 e. The Balaban J connectivity index is 2.59. The molecule has 1 heterocycles. The fraction of sp³-hybridized carbons (Fsp3) is 0.688. The maximum absolute atomic E-state index is 4.08. The molecular formula is C16H28N2. The third-order valence-electron chi connectivity index (χ3n) is 3.20. The molecule has 0 radical (unpaired) electrons. The zero-order chi connectivity index (χ0) is 13.5. The van der Waals surface area contributed by atoms with E-state index >= 15 is 0 Å². The minimum atomic E-state index is 0.399. The van der Waals surface area contributed by atoms with Crippen molar-refractivity contribution in [2.24, 2.45) is 11.8 Å². The lowest BCUT2D eigenvalue weighted by Crippen LogP contribution is -2.34. The van der Waals surface area contributed by atoms with Crippen molar-refractivity contribution in [2.75, 3.05) is 0 Å². The molecule has 1 aromatic rings. The van der Waals surface area contributed by atoms with Gasteiger partial charge in [-0.2, -0.15) is 0 Å². The molecule has 0 aliphatic carbocycles. The molecule has 0 spiro atoms. The van der Waals surface area contributed by atoms with Crippen molar-refractivity contribution < 1.29 is 0 Å². The van der Waals surface area contributed by atoms with Crippen LogP contribution in [0.5, 0.6) is 0 Å². The quantitative estimate of drug-likeness (QED) is 0.782. The summed E-state index contributed by atoms with van der Waals surface area (Å²) in [6.45, 7) is 11.4. The molecule has 2 heteroatoms. The van der Waals surface area contributed by atoms with Crippen molar-refractivity contribution in [3.63, 3.8) is 0 Å². The molecule has 0 aliphatic rings. The highest BCUT2D eigenvalue weighted by Crippen LogP contribution is 2.18. The molecule has 1 N–H and O–H groups in total. The van der Waals surface area contributed by atoms with Crippen LogP contribution in [0.3, 0.4) is 0 Å². The van der Waals surface area contributed by atoms with Gasteiger partial charge in [0.25, 0.3) is 0 Å². The molecule has 0 saturated carbocycles. The molecular weight excluding hydrogens is 220 g/mol. The van der Waals surface area contributed by atoms with Crippen LogP contribution in [0.4, 0.5) is 0 Å². The molecule has 0 fully saturated rings. The Labute approximate surface area is 112 Å². The first-order valence-corrected chi connectivity index (χ1v) is 7.15. The predicted octanol–water partition coefficient (Wildman–Crippen LogP) is 4.19. The summed E-state index contributed by atoms with van der Waals surface area (Å²) < 4.78 is 0. The van der Waals surface area contributed by atoms with Crippen LogP contribution in [0, 0.1) is 11.8 Å². The first-order chi connectivity index (χ1) is 8.49. The van der Waals surface area contributed by atoms with Crippen LogP contribution in [0.15, 0.2) is 24.5 Å². The summed E-state index contributed by atoms with van der Waals surface area (Å²) in [4.78, 5) is 4.08. The second-order valence-corrected chi connectivity index (χ2v) is 6.12. The number of nitrogens with zero attached hydrogens (tertiary/aromatic N) is 1. The zero-order valence-electron chi connectivity index (χ0n) is 12.5. The zero-order valence-corrected chi connectivity index (χ0v) is 12.5. The monoisotopic (exact) mass is 248 g/mol. The van der Waals surface area contributed by atoms with E-state index < -0.39 is 0 Å². The molecule has 0 bridgehead atoms. The van der Waals surface area contributed by atoms with E-state index in [1.807, 2.05) is 12.4 Å². The van der Waals surface area contributed by atoms with Gasteiger partial charge in [-0.15, -0.1) is 0 Å². The second-order valence-electron chi connectivity index (χ2n) is 6.12. The number of pyridine rings is 1. The molecule has 0 aliphatic heterocycles. The van der Waals surface area contributed by atoms with Gasteiger partial charge < -0.3 is 5.32 Å². The van der Waals surface area contributed by atoms with Gasteiger partial charge in [0.1, 0.15) is 0 Å². The highest BCUT2D eigenvalue weighted by molar-refractivity contribution is 5.14. The summed E-state index contributed by atoms with van der Waals surface area (Å²) in [7, 11) is 0. The van der Waals surface area contributed by atoms with E-state index in [0.29, 0.717) is 12.1 Å². The fourth-order valence-corrected chi connectivity index (χ4v) is 2.47. The fourth-order valence-electron chi connectivity index (χ4n) is 2.47. The highest BCUT2D eigenvalue weighted by Gasteiger charge is 2.16. The SMILES string of the molecule is CC(C)CC(CC(C)C)N[C@@H](C)c1ccncc1. The van der Waals surface area contributed by atoms with Crippen LogP contribution in [-0.2, 0) is 0 Å². The molecule has 0 amide bonds. The van der Waals surface area contributed by atoms with Gasteiger partial charge in [-0.25, -0.2) is 0 Å². The van der Waals surface area contributed by atoms with Gasteiger partial charge in [0.05, 0.1) is 0 Å². The van der Waals surface area contributed by atoms with Crippen LogP contribution >= 0.6 is 0 Å². The molecule has 0 unspecified atom stereocenters. The van der Waals surface area contributed by atoms with Crippen molar-refractivity contribution in [2.45, 2.75) is 59.5 Å². The lowest BCUT2D eigenvalue weighted by atomic mass is 9.94. The maximum atomic E-state index is 4.08. The number of rotatable bonds is 7. The van der Waals surface area contributed by atoms with E-state index in [1.54, 1.807) is 0 Å². The Kier molecular flexibility index (Phi) is 6.34. The van der Waals surface area contributed by atoms with E-state index in [-0.39, 0.29) is 0 Å². The summed E-state index contributed by atoms with van der Waals surface area (Å²) in [5.41, 5.74) is 1.32. The summed E-state index contributed by atoms with van der Waals surface area (Å²) >= 11 is 0. The van der Waals surface area contributed by atoms with Crippen LogP contribution < -0.4 is 5.32 Å². The van der Waals surface area contributed by atoms with Crippen molar-refractivity contribution in [3.05, 3.63) is 30.1 Å². The van der Waals surface area contributed by atoms with Gasteiger partial charge in [-0.3, -0.25) is 4.98 Å². The van der Waals surface area contributed by atoms with Crippen LogP contribution in [0.25, 0.3) is 0 Å². The largest absolute Gasteiger partial charge is 0.307 e. The molecule has 18 heavy (non-hydrogen) atoms. The normalized spacial score (nSPS) is 13.6. The summed E-state index contributed by atoms with van der Waals surface area (Å²) in [6, 6.07) is 5.20. The average molecular weight is 248 g/mol. The number of hydrogen-bond acceptors (Lipinski definition) is 2. The van der Waals surface area contributed by atoms with Crippen molar-refractivity contribution in [1.29, 1.82) is 0 Å². The topological polar surface area (TPSA) is 24.9 Å². The Morgan fingerprint density at radius 3 is 1.89 bits per heavy atom. The predicted molar refractivity (Wildman–Crippen MR) is 78.5 cm³/mol. The summed E-state index contributed by atoms with van der Waals surface area (Å²) in [5.74, 6) is 1.48. The first kappa shape index (κ1) is 15.2. The van der Waals surface area contributed by atoms with E-state index in [0.717, 1.165) is 11.8 Å². The maximum Gasteiger partial charge on any atom is 0.0295 e. The van der Waals surface area contributed by atoms with Crippen LogP contribution in [0.2, 0.25) is 0 Å². The summed E-state index contributed by atoms with van der Waals surface area (Å²) in [5, 5.41) is 3.77. The molecule has 0 saturated heterocycles. The third kappa shape index (κ3) is 5.63. The molecule has 0 aromatic carbocycles. The highest BCUT2D eigenvalue weighted by atomic mass is 14.9. The van der Waals surface area contributed by atoms with Gasteiger partial charge in [0, 0.05) is 24.5 Å². The number of aromatic nitrogens is 1. The molecule has 2 nitrogen and oxygen atoms in total. The second kappa shape index (κ2) is 7.52. The number of hydrogen-bond donors (Lipinski definition) is 1. The van der Waals surface area contributed by atoms with E-state index in [4.69, 9.17) is 0 Å². The molecule has 1 rings (SSSR count). The standard InChI is InChI=1S/C16H28N2/c1-12(2)10-16(11-13(3)4)18-14(5)15-6-8-17-9-7-15/h6-9,12-14,16,18H,10-11H2,1-5H3/t14-/m0/s1. The Bertz CT molecular complexity index is 309. The minimum absolute atomic E-state index is 0.399. The summed E-state index contributed by atoms with van der Waals surface area (Å²) in [6.07, 6.45) is 6.22. The van der Waals surface area contributed by atoms with Gasteiger partial charge in [0.2, 0.25) is 0 Å². The van der Waals surface area contributed by atoms with Crippen LogP contribution in [0.1, 0.15) is 59.1 Å². The van der Waals surface area contributed by atoms with Gasteiger partial charge in [0.15, 0.2) is 0 Å². The van der Waals surface area contributed by atoms with Gasteiger partial charge in [-0.05, 0) is 49.3 Å². The minimum Gasteiger partial charge on any atom is -0.307 e. The van der Waals surface area contributed by atoms with Crippen LogP contribution in [-0.4, -0.2) is 11.0 Å². The lowest BCUT2D eigenvalue weighted by Gasteiger charge is -2.26. The van der Waals surface area contributed by atoms with E-state index in [1.165, 1.54) is 18.4 Å². The van der Waals surface area contributed by atoms with Gasteiger partial charge in [-0.1, -0.05) is 27.7 Å². The van der Waals surface area contributed by atoms with Gasteiger partial charge >= 0.3 is 0 Å². The average Bonchev–Trinajstić information content (AvgIpc) is 2.28. The number of nitrogens with one attached hydrogen (secondary N) is 1. The Morgan fingerprint density at radius 1 is 0.944 bits per heavy atom. The van der Waals surface area contributed by atoms with E-state index in [9.17, 15) is 0 Å². The van der Waals surface area contributed by atoms with Crippen molar-refractivity contribution in [3.8, 4) is 0 Å². The lowest BCUT2D eigenvalue weighted by molar-refractivity contribution is 0.335. The Hall–Kier alpha value is -0.890. The molecule has 102 valence electrons. The first-order valence-electron chi connectivity index (χ1n) is 7.15. The third-order valence-corrected chi connectivity index (χ3v) is 3.20. The molecule has 1 atom stereocenters. The van der Waals surface area contributed by atoms with Crippen molar-refractivity contribution >= 4 is 0 Å². The van der Waals surface area contributed by atoms with E-state index in [2.05, 4.69) is 57.1 Å². The Morgan fingerprint density at radius 2 is 1.44 bits per heavy atom. The molecule has 1 aromatic heterocycles. The van der Waals surface area contributed by atoms with Crippen molar-refractivity contribution in [1.82, 2.24) is 10.3 Å².